The number of aryl methyl sites for hydroxylation is 2. The SMILES string of the molecule is CCC(OC(=O)c1ccccc1-c1nc2ccccc2s1)C(=O)Nc1ccc(C)cc1C. The van der Waals surface area contributed by atoms with Crippen molar-refractivity contribution >= 4 is 39.1 Å². The third-order valence-electron chi connectivity index (χ3n) is 5.22. The van der Waals surface area contributed by atoms with Crippen LogP contribution >= 0.6 is 11.3 Å². The highest BCUT2D eigenvalue weighted by Crippen LogP contribution is 2.32. The molecule has 4 rings (SSSR count). The maximum absolute atomic E-state index is 13.1. The lowest BCUT2D eigenvalue weighted by molar-refractivity contribution is -0.124. The second-order valence-corrected chi connectivity index (χ2v) is 8.67. The van der Waals surface area contributed by atoms with E-state index in [2.05, 4.69) is 10.3 Å². The summed E-state index contributed by atoms with van der Waals surface area (Å²) in [4.78, 5) is 30.6. The number of para-hydroxylation sites is 1. The number of thiazole rings is 1. The van der Waals surface area contributed by atoms with E-state index in [4.69, 9.17) is 4.74 Å². The van der Waals surface area contributed by atoms with Crippen LogP contribution in [-0.2, 0) is 9.53 Å². The van der Waals surface area contributed by atoms with Gasteiger partial charge in [0, 0.05) is 11.3 Å². The predicted molar refractivity (Wildman–Crippen MR) is 129 cm³/mol. The van der Waals surface area contributed by atoms with Gasteiger partial charge in [0.15, 0.2) is 6.10 Å². The molecule has 1 aromatic heterocycles. The molecule has 1 unspecified atom stereocenters. The zero-order valence-electron chi connectivity index (χ0n) is 18.2. The van der Waals surface area contributed by atoms with Gasteiger partial charge in [-0.2, -0.15) is 0 Å². The van der Waals surface area contributed by atoms with Crippen molar-refractivity contribution in [2.75, 3.05) is 5.32 Å². The molecule has 0 spiro atoms. The molecule has 1 N–H and O–H groups in total. The number of carbonyl (C=O) groups excluding carboxylic acids is 2. The van der Waals surface area contributed by atoms with E-state index in [0.717, 1.165) is 26.4 Å². The van der Waals surface area contributed by atoms with Crippen LogP contribution in [0.4, 0.5) is 5.69 Å². The summed E-state index contributed by atoms with van der Waals surface area (Å²) in [7, 11) is 0. The topological polar surface area (TPSA) is 68.3 Å². The highest BCUT2D eigenvalue weighted by atomic mass is 32.1. The number of nitrogens with zero attached hydrogens (tertiary/aromatic N) is 1. The van der Waals surface area contributed by atoms with Crippen LogP contribution in [0.15, 0.2) is 66.7 Å². The molecule has 0 radical (unpaired) electrons. The Morgan fingerprint density at radius 3 is 2.53 bits per heavy atom. The molecule has 0 aliphatic rings. The van der Waals surface area contributed by atoms with Gasteiger partial charge in [-0.1, -0.05) is 55.0 Å². The van der Waals surface area contributed by atoms with Crippen LogP contribution < -0.4 is 5.32 Å². The number of hydrogen-bond donors (Lipinski definition) is 1. The first kappa shape index (κ1) is 21.7. The Morgan fingerprint density at radius 1 is 1.03 bits per heavy atom. The van der Waals surface area contributed by atoms with Gasteiger partial charge in [0.25, 0.3) is 5.91 Å². The van der Waals surface area contributed by atoms with Crippen molar-refractivity contribution in [3.8, 4) is 10.6 Å². The number of nitrogens with one attached hydrogen (secondary N) is 1. The van der Waals surface area contributed by atoms with Crippen LogP contribution in [-0.4, -0.2) is 23.0 Å². The van der Waals surface area contributed by atoms with E-state index in [1.807, 2.05) is 75.4 Å². The van der Waals surface area contributed by atoms with Crippen molar-refractivity contribution in [3.63, 3.8) is 0 Å². The Balaban J connectivity index is 1.55. The van der Waals surface area contributed by atoms with E-state index < -0.39 is 12.1 Å². The lowest BCUT2D eigenvalue weighted by atomic mass is 10.1. The van der Waals surface area contributed by atoms with Crippen molar-refractivity contribution in [1.29, 1.82) is 0 Å². The summed E-state index contributed by atoms with van der Waals surface area (Å²) in [5.41, 5.74) is 4.76. The van der Waals surface area contributed by atoms with Gasteiger partial charge in [0.2, 0.25) is 0 Å². The molecule has 4 aromatic rings. The van der Waals surface area contributed by atoms with E-state index in [1.165, 1.54) is 11.3 Å². The van der Waals surface area contributed by atoms with Crippen LogP contribution in [0.2, 0.25) is 0 Å². The van der Waals surface area contributed by atoms with Gasteiger partial charge in [0.1, 0.15) is 5.01 Å². The second kappa shape index (κ2) is 9.32. The maximum atomic E-state index is 13.1. The van der Waals surface area contributed by atoms with E-state index in [9.17, 15) is 9.59 Å². The van der Waals surface area contributed by atoms with Crippen LogP contribution in [0.25, 0.3) is 20.8 Å². The first-order valence-corrected chi connectivity index (χ1v) is 11.3. The van der Waals surface area contributed by atoms with Gasteiger partial charge in [-0.05, 0) is 50.1 Å². The van der Waals surface area contributed by atoms with Crippen LogP contribution in [0.1, 0.15) is 34.8 Å². The summed E-state index contributed by atoms with van der Waals surface area (Å²) in [5, 5.41) is 3.63. The summed E-state index contributed by atoms with van der Waals surface area (Å²) in [5.74, 6) is -0.882. The molecule has 32 heavy (non-hydrogen) atoms. The minimum Gasteiger partial charge on any atom is -0.449 e. The van der Waals surface area contributed by atoms with Gasteiger partial charge in [-0.3, -0.25) is 4.79 Å². The highest BCUT2D eigenvalue weighted by molar-refractivity contribution is 7.21. The van der Waals surface area contributed by atoms with Crippen molar-refractivity contribution in [1.82, 2.24) is 4.98 Å². The standard InChI is InChI=1S/C26H24N2O3S/c1-4-22(24(29)27-20-14-13-16(2)15-17(20)3)31-26(30)19-10-6-5-9-18(19)25-28-21-11-7-8-12-23(21)32-25/h5-15,22H,4H2,1-3H3,(H,27,29). The summed E-state index contributed by atoms with van der Waals surface area (Å²) in [6, 6.07) is 20.8. The third-order valence-corrected chi connectivity index (χ3v) is 6.29. The average Bonchev–Trinajstić information content (AvgIpc) is 3.23. The minimum absolute atomic E-state index is 0.342. The number of amides is 1. The number of hydrogen-bond acceptors (Lipinski definition) is 5. The summed E-state index contributed by atoms with van der Waals surface area (Å²) in [6.07, 6.45) is -0.530. The fraction of sp³-hybridized carbons (Fsp3) is 0.192. The van der Waals surface area contributed by atoms with E-state index in [0.29, 0.717) is 23.2 Å². The summed E-state index contributed by atoms with van der Waals surface area (Å²) >= 11 is 1.52. The average molecular weight is 445 g/mol. The number of esters is 1. The third kappa shape index (κ3) is 4.55. The maximum Gasteiger partial charge on any atom is 0.339 e. The number of fused-ring (bicyclic) bond motifs is 1. The Bertz CT molecular complexity index is 1260. The fourth-order valence-corrected chi connectivity index (χ4v) is 4.52. The Hall–Kier alpha value is -3.51. The number of aromatic nitrogens is 1. The molecule has 3 aromatic carbocycles. The number of carbonyl (C=O) groups is 2. The monoisotopic (exact) mass is 444 g/mol. The molecule has 0 bridgehead atoms. The van der Waals surface area contributed by atoms with Gasteiger partial charge < -0.3 is 10.1 Å². The zero-order valence-corrected chi connectivity index (χ0v) is 19.0. The van der Waals surface area contributed by atoms with Crippen LogP contribution in [0, 0.1) is 13.8 Å². The first-order valence-electron chi connectivity index (χ1n) is 10.5. The molecule has 1 atom stereocenters. The van der Waals surface area contributed by atoms with Crippen molar-refractivity contribution < 1.29 is 14.3 Å². The molecular weight excluding hydrogens is 420 g/mol. The minimum atomic E-state index is -0.897. The molecule has 5 nitrogen and oxygen atoms in total. The predicted octanol–water partition coefficient (Wildman–Crippen LogP) is 6.15. The molecule has 162 valence electrons. The van der Waals surface area contributed by atoms with Gasteiger partial charge in [0.05, 0.1) is 15.8 Å². The number of ether oxygens (including phenoxy) is 1. The molecule has 0 saturated carbocycles. The van der Waals surface area contributed by atoms with E-state index in [1.54, 1.807) is 12.1 Å². The second-order valence-electron chi connectivity index (χ2n) is 7.64. The fourth-order valence-electron chi connectivity index (χ4n) is 3.52. The lowest BCUT2D eigenvalue weighted by Crippen LogP contribution is -2.32. The van der Waals surface area contributed by atoms with E-state index >= 15 is 0 Å². The van der Waals surface area contributed by atoms with Crippen LogP contribution in [0.5, 0.6) is 0 Å². The largest absolute Gasteiger partial charge is 0.449 e. The number of benzene rings is 3. The smallest absolute Gasteiger partial charge is 0.339 e. The zero-order chi connectivity index (χ0) is 22.7. The van der Waals surface area contributed by atoms with Crippen molar-refractivity contribution in [3.05, 3.63) is 83.4 Å². The Morgan fingerprint density at radius 2 is 1.78 bits per heavy atom. The molecule has 0 aliphatic carbocycles. The molecule has 6 heteroatoms. The lowest BCUT2D eigenvalue weighted by Gasteiger charge is -2.18. The number of rotatable bonds is 6. The Labute approximate surface area is 191 Å². The highest BCUT2D eigenvalue weighted by Gasteiger charge is 2.25. The molecule has 1 amide bonds. The van der Waals surface area contributed by atoms with E-state index in [-0.39, 0.29) is 5.91 Å². The molecule has 0 saturated heterocycles. The van der Waals surface area contributed by atoms with Gasteiger partial charge in [-0.15, -0.1) is 11.3 Å². The molecule has 1 heterocycles. The summed E-state index contributed by atoms with van der Waals surface area (Å²) in [6.45, 7) is 5.75. The Kier molecular flexibility index (Phi) is 6.32. The van der Waals surface area contributed by atoms with Gasteiger partial charge >= 0.3 is 5.97 Å². The normalized spacial score (nSPS) is 11.8. The van der Waals surface area contributed by atoms with Crippen LogP contribution in [0.3, 0.4) is 0 Å². The molecule has 0 fully saturated rings. The van der Waals surface area contributed by atoms with Crippen molar-refractivity contribution in [2.45, 2.75) is 33.3 Å². The molecule has 0 aliphatic heterocycles. The molecular formula is C26H24N2O3S. The summed E-state index contributed by atoms with van der Waals surface area (Å²) < 4.78 is 6.69. The quantitative estimate of drug-likeness (QED) is 0.362. The van der Waals surface area contributed by atoms with Gasteiger partial charge in [-0.25, -0.2) is 9.78 Å². The number of anilines is 1. The first-order chi connectivity index (χ1) is 15.5. The van der Waals surface area contributed by atoms with Crippen molar-refractivity contribution in [2.24, 2.45) is 0 Å².